The van der Waals surface area contributed by atoms with Gasteiger partial charge in [0.05, 0.1) is 0 Å². The molecule has 1 N–H and O–H groups in total. The van der Waals surface area contributed by atoms with E-state index in [1.165, 1.54) is 18.3 Å². The van der Waals surface area contributed by atoms with Crippen molar-refractivity contribution < 1.29 is 8.42 Å². The molecule has 0 atom stereocenters. The van der Waals surface area contributed by atoms with E-state index in [9.17, 15) is 8.42 Å². The van der Waals surface area contributed by atoms with E-state index < -0.39 is 10.0 Å². The van der Waals surface area contributed by atoms with Gasteiger partial charge in [0.1, 0.15) is 10.0 Å². The Balaban J connectivity index is 2.78. The maximum absolute atomic E-state index is 11.7. The van der Waals surface area contributed by atoms with Crippen LogP contribution in [0.4, 0.5) is 0 Å². The van der Waals surface area contributed by atoms with Crippen molar-refractivity contribution in [2.75, 3.05) is 6.54 Å². The molecule has 16 heavy (non-hydrogen) atoms. The van der Waals surface area contributed by atoms with Crippen LogP contribution in [0.1, 0.15) is 13.8 Å². The summed E-state index contributed by atoms with van der Waals surface area (Å²) in [4.78, 5) is 3.83. The van der Waals surface area contributed by atoms with Gasteiger partial charge in [-0.2, -0.15) is 0 Å². The van der Waals surface area contributed by atoms with Gasteiger partial charge in [-0.3, -0.25) is 0 Å². The first kappa shape index (κ1) is 13.2. The molecule has 0 amide bonds. The highest BCUT2D eigenvalue weighted by molar-refractivity contribution is 7.89. The molecular weight excluding hydrogens is 248 g/mol. The van der Waals surface area contributed by atoms with Crippen LogP contribution in [0.3, 0.4) is 0 Å². The number of halogens is 1. The molecule has 0 aliphatic rings. The molecule has 1 aromatic rings. The third-order valence-corrected chi connectivity index (χ3v) is 3.43. The molecule has 0 aliphatic heterocycles. The lowest BCUT2D eigenvalue weighted by Crippen LogP contribution is -2.24. The Kier molecular flexibility index (Phi) is 4.46. The molecule has 0 radical (unpaired) electrons. The van der Waals surface area contributed by atoms with E-state index in [4.69, 9.17) is 11.6 Å². The maximum Gasteiger partial charge on any atom is 0.242 e. The van der Waals surface area contributed by atoms with Gasteiger partial charge in [0, 0.05) is 12.7 Å². The van der Waals surface area contributed by atoms with Gasteiger partial charge in [0.2, 0.25) is 10.0 Å². The van der Waals surface area contributed by atoms with Gasteiger partial charge in [0.25, 0.3) is 0 Å². The van der Waals surface area contributed by atoms with E-state index in [2.05, 4.69) is 9.71 Å². The number of nitrogens with zero attached hydrogens (tertiary/aromatic N) is 1. The minimum absolute atomic E-state index is 0.110. The zero-order valence-corrected chi connectivity index (χ0v) is 10.6. The predicted molar refractivity (Wildman–Crippen MR) is 63.9 cm³/mol. The van der Waals surface area contributed by atoms with Gasteiger partial charge >= 0.3 is 0 Å². The van der Waals surface area contributed by atoms with Crippen molar-refractivity contribution in [3.63, 3.8) is 0 Å². The van der Waals surface area contributed by atoms with Gasteiger partial charge in [-0.15, -0.1) is 0 Å². The highest BCUT2D eigenvalue weighted by Gasteiger charge is 2.12. The fraction of sp³-hybridized carbons (Fsp3) is 0.300. The normalized spacial score (nSPS) is 11.2. The van der Waals surface area contributed by atoms with Crippen LogP contribution in [-0.4, -0.2) is 19.9 Å². The first-order valence-electron chi connectivity index (χ1n) is 4.66. The fourth-order valence-corrected chi connectivity index (χ4v) is 1.98. The molecule has 0 unspecified atom stereocenters. The molecule has 0 aromatic carbocycles. The molecular formula is C10H13ClN2O2S. The van der Waals surface area contributed by atoms with E-state index in [1.54, 1.807) is 6.08 Å². The predicted octanol–water partition coefficient (Wildman–Crippen LogP) is 1.98. The van der Waals surface area contributed by atoms with E-state index in [0.29, 0.717) is 0 Å². The van der Waals surface area contributed by atoms with Gasteiger partial charge in [0.15, 0.2) is 0 Å². The van der Waals surface area contributed by atoms with Crippen molar-refractivity contribution in [3.8, 4) is 0 Å². The summed E-state index contributed by atoms with van der Waals surface area (Å²) in [5.41, 5.74) is 1.05. The van der Waals surface area contributed by atoms with Gasteiger partial charge in [-0.1, -0.05) is 23.3 Å². The summed E-state index contributed by atoms with van der Waals surface area (Å²) in [5, 5.41) is 0.267. The highest BCUT2D eigenvalue weighted by Crippen LogP contribution is 2.10. The maximum atomic E-state index is 11.7. The highest BCUT2D eigenvalue weighted by atomic mass is 35.5. The van der Waals surface area contributed by atoms with E-state index >= 15 is 0 Å². The summed E-state index contributed by atoms with van der Waals surface area (Å²) < 4.78 is 25.8. The molecule has 0 saturated heterocycles. The molecule has 0 fully saturated rings. The summed E-state index contributed by atoms with van der Waals surface area (Å²) in [7, 11) is -3.49. The fourth-order valence-electron chi connectivity index (χ4n) is 0.960. The average molecular weight is 261 g/mol. The summed E-state index contributed by atoms with van der Waals surface area (Å²) in [6, 6.07) is 2.86. The summed E-state index contributed by atoms with van der Waals surface area (Å²) >= 11 is 5.57. The van der Waals surface area contributed by atoms with Gasteiger partial charge < -0.3 is 0 Å². The lowest BCUT2D eigenvalue weighted by Gasteiger charge is -2.04. The molecule has 1 heterocycles. The van der Waals surface area contributed by atoms with Crippen LogP contribution in [0.5, 0.6) is 0 Å². The van der Waals surface area contributed by atoms with Crippen LogP contribution in [0, 0.1) is 0 Å². The third kappa shape index (κ3) is 3.92. The molecule has 6 heteroatoms. The van der Waals surface area contributed by atoms with Crippen LogP contribution in [-0.2, 0) is 10.0 Å². The largest absolute Gasteiger partial charge is 0.243 e. The number of rotatable bonds is 4. The Hall–Kier alpha value is -0.910. The van der Waals surface area contributed by atoms with Crippen molar-refractivity contribution in [1.82, 2.24) is 9.71 Å². The zero-order chi connectivity index (χ0) is 12.2. The molecule has 0 saturated carbocycles. The summed E-state index contributed by atoms with van der Waals surface area (Å²) in [6.45, 7) is 4.07. The van der Waals surface area contributed by atoms with E-state index in [0.717, 1.165) is 5.57 Å². The number of allylic oxidation sites excluding steroid dienone is 1. The minimum atomic E-state index is -3.49. The number of aromatic nitrogens is 1. The summed E-state index contributed by atoms with van der Waals surface area (Å²) in [6.07, 6.45) is 3.02. The van der Waals surface area contributed by atoms with Crippen molar-refractivity contribution in [2.45, 2.75) is 18.7 Å². The third-order valence-electron chi connectivity index (χ3n) is 1.79. The molecule has 1 rings (SSSR count). The quantitative estimate of drug-likeness (QED) is 0.665. The van der Waals surface area contributed by atoms with Gasteiger partial charge in [-0.05, 0) is 26.0 Å². The van der Waals surface area contributed by atoms with E-state index in [-0.39, 0.29) is 16.6 Å². The molecule has 0 spiro atoms. The first-order chi connectivity index (χ1) is 7.42. The average Bonchev–Trinajstić information content (AvgIpc) is 2.17. The zero-order valence-electron chi connectivity index (χ0n) is 9.07. The number of pyridine rings is 1. The van der Waals surface area contributed by atoms with Crippen LogP contribution in [0.25, 0.3) is 0 Å². The Morgan fingerprint density at radius 3 is 2.69 bits per heavy atom. The molecule has 0 aliphatic carbocycles. The Bertz CT molecular complexity index is 476. The lowest BCUT2D eigenvalue weighted by atomic mass is 10.3. The topological polar surface area (TPSA) is 59.1 Å². The van der Waals surface area contributed by atoms with E-state index in [1.807, 2.05) is 13.8 Å². The van der Waals surface area contributed by atoms with Crippen LogP contribution in [0.15, 0.2) is 34.9 Å². The number of hydrogen-bond donors (Lipinski definition) is 1. The van der Waals surface area contributed by atoms with Crippen molar-refractivity contribution in [1.29, 1.82) is 0 Å². The second-order valence-corrected chi connectivity index (χ2v) is 5.60. The number of sulfonamides is 1. The van der Waals surface area contributed by atoms with Crippen molar-refractivity contribution >= 4 is 21.6 Å². The van der Waals surface area contributed by atoms with Crippen LogP contribution in [0.2, 0.25) is 5.15 Å². The molecule has 0 bridgehead atoms. The number of nitrogens with one attached hydrogen (secondary N) is 1. The lowest BCUT2D eigenvalue weighted by molar-refractivity contribution is 0.585. The Morgan fingerprint density at radius 2 is 2.19 bits per heavy atom. The second kappa shape index (κ2) is 5.43. The van der Waals surface area contributed by atoms with Crippen LogP contribution < -0.4 is 4.72 Å². The second-order valence-electron chi connectivity index (χ2n) is 3.45. The van der Waals surface area contributed by atoms with Gasteiger partial charge in [-0.25, -0.2) is 18.1 Å². The first-order valence-corrected chi connectivity index (χ1v) is 6.52. The Morgan fingerprint density at radius 1 is 1.50 bits per heavy atom. The monoisotopic (exact) mass is 260 g/mol. The standard InChI is InChI=1S/C10H13ClN2O2S/c1-8(2)5-6-13-16(14,15)9-3-4-10(11)12-7-9/h3-5,7,13H,6H2,1-2H3. The summed E-state index contributed by atoms with van der Waals surface area (Å²) in [5.74, 6) is 0. The molecule has 4 nitrogen and oxygen atoms in total. The smallest absolute Gasteiger partial charge is 0.242 e. The van der Waals surface area contributed by atoms with Crippen molar-refractivity contribution in [3.05, 3.63) is 35.1 Å². The van der Waals surface area contributed by atoms with Crippen LogP contribution >= 0.6 is 11.6 Å². The minimum Gasteiger partial charge on any atom is -0.243 e. The molecule has 88 valence electrons. The molecule has 1 aromatic heterocycles. The number of hydrogen-bond acceptors (Lipinski definition) is 3. The Labute approximate surface area is 100 Å². The SMILES string of the molecule is CC(C)=CCNS(=O)(=O)c1ccc(Cl)nc1. The van der Waals surface area contributed by atoms with Crippen molar-refractivity contribution in [2.24, 2.45) is 0 Å².